The lowest BCUT2D eigenvalue weighted by atomic mass is 9.80. The highest BCUT2D eigenvalue weighted by Crippen LogP contribution is 2.33. The van der Waals surface area contributed by atoms with Crippen LogP contribution in [0.3, 0.4) is 0 Å². The number of hydrogen-bond acceptors (Lipinski definition) is 3. The Morgan fingerprint density at radius 3 is 2.42 bits per heavy atom. The first kappa shape index (κ1) is 16.4. The van der Waals surface area contributed by atoms with Gasteiger partial charge in [0.2, 0.25) is 5.91 Å². The summed E-state index contributed by atoms with van der Waals surface area (Å²) < 4.78 is 0. The Bertz CT molecular complexity index is 340. The first-order chi connectivity index (χ1) is 8.89. The molecule has 1 heterocycles. The molecule has 1 aliphatic heterocycles. The van der Waals surface area contributed by atoms with E-state index in [1.165, 1.54) is 0 Å². The van der Waals surface area contributed by atoms with Gasteiger partial charge in [-0.1, -0.05) is 26.1 Å². The Morgan fingerprint density at radius 2 is 2.00 bits per heavy atom. The molecule has 19 heavy (non-hydrogen) atoms. The fourth-order valence-electron chi connectivity index (χ4n) is 3.00. The van der Waals surface area contributed by atoms with Gasteiger partial charge >= 0.3 is 0 Å². The molecule has 1 saturated heterocycles. The third kappa shape index (κ3) is 3.26. The Hall–Kier alpha value is -0.680. The molecule has 5 heteroatoms. The molecule has 1 amide bonds. The van der Waals surface area contributed by atoms with Gasteiger partial charge in [0, 0.05) is 19.1 Å². The lowest BCUT2D eigenvalue weighted by molar-refractivity contribution is -0.139. The molecule has 4 nitrogen and oxygen atoms in total. The van der Waals surface area contributed by atoms with Crippen molar-refractivity contribution in [3.05, 3.63) is 0 Å². The second-order valence-electron chi connectivity index (χ2n) is 5.71. The molecule has 1 unspecified atom stereocenters. The van der Waals surface area contributed by atoms with Crippen molar-refractivity contribution in [2.45, 2.75) is 45.6 Å². The van der Waals surface area contributed by atoms with Gasteiger partial charge < -0.3 is 15.5 Å². The van der Waals surface area contributed by atoms with Crippen molar-refractivity contribution in [1.82, 2.24) is 9.80 Å². The van der Waals surface area contributed by atoms with Gasteiger partial charge in [-0.15, -0.1) is 0 Å². The molecule has 1 atom stereocenters. The number of rotatable bonds is 6. The number of thiocarbonyl (C=S) groups is 1. The van der Waals surface area contributed by atoms with Gasteiger partial charge in [-0.05, 0) is 39.8 Å². The Labute approximate surface area is 122 Å². The average Bonchev–Trinajstić information content (AvgIpc) is 2.77. The summed E-state index contributed by atoms with van der Waals surface area (Å²) in [7, 11) is 4.09. The van der Waals surface area contributed by atoms with Crippen molar-refractivity contribution >= 4 is 23.1 Å². The molecule has 0 bridgehead atoms. The molecule has 1 fully saturated rings. The highest BCUT2D eigenvalue weighted by atomic mass is 32.1. The first-order valence-electron chi connectivity index (χ1n) is 7.14. The van der Waals surface area contributed by atoms with Crippen molar-refractivity contribution in [3.63, 3.8) is 0 Å². The van der Waals surface area contributed by atoms with Crippen molar-refractivity contribution < 1.29 is 4.79 Å². The maximum Gasteiger partial charge on any atom is 0.235 e. The summed E-state index contributed by atoms with van der Waals surface area (Å²) in [5.74, 6) is 0.134. The summed E-state index contributed by atoms with van der Waals surface area (Å²) in [6.07, 6.45) is 3.52. The van der Waals surface area contributed by atoms with E-state index in [1.807, 2.05) is 32.8 Å². The number of carbonyl (C=O) groups excluding carboxylic acids is 1. The molecule has 1 rings (SSSR count). The normalized spacial score (nSPS) is 20.1. The molecule has 0 aromatic rings. The van der Waals surface area contributed by atoms with Crippen LogP contribution < -0.4 is 5.73 Å². The zero-order valence-electron chi connectivity index (χ0n) is 12.6. The van der Waals surface area contributed by atoms with Crippen LogP contribution in [0.1, 0.15) is 39.5 Å². The molecule has 0 radical (unpaired) electrons. The molecule has 2 N–H and O–H groups in total. The van der Waals surface area contributed by atoms with Gasteiger partial charge in [0.25, 0.3) is 0 Å². The minimum Gasteiger partial charge on any atom is -0.392 e. The van der Waals surface area contributed by atoms with E-state index in [9.17, 15) is 4.79 Å². The number of nitrogens with zero attached hydrogens (tertiary/aromatic N) is 2. The van der Waals surface area contributed by atoms with E-state index < -0.39 is 5.41 Å². The van der Waals surface area contributed by atoms with Crippen LogP contribution in [-0.4, -0.2) is 53.9 Å². The molecule has 1 aliphatic rings. The number of carbonyl (C=O) groups is 1. The van der Waals surface area contributed by atoms with Crippen molar-refractivity contribution in [2.75, 3.05) is 27.2 Å². The van der Waals surface area contributed by atoms with Crippen LogP contribution >= 0.6 is 12.2 Å². The summed E-state index contributed by atoms with van der Waals surface area (Å²) in [4.78, 5) is 17.4. The van der Waals surface area contributed by atoms with Crippen LogP contribution in [0, 0.1) is 5.41 Å². The SMILES string of the molecule is CCC(CC)(C(=O)N1CCCC1CN(C)C)C(N)=S. The summed E-state index contributed by atoms with van der Waals surface area (Å²) >= 11 is 5.19. The number of likely N-dealkylation sites (tertiary alicyclic amines) is 1. The van der Waals surface area contributed by atoms with Gasteiger partial charge in [-0.25, -0.2) is 0 Å². The summed E-state index contributed by atoms with van der Waals surface area (Å²) in [6.45, 7) is 5.74. The quantitative estimate of drug-likeness (QED) is 0.754. The minimum atomic E-state index is -0.649. The van der Waals surface area contributed by atoms with Gasteiger partial charge in [-0.3, -0.25) is 4.79 Å². The maximum absolute atomic E-state index is 12.9. The summed E-state index contributed by atoms with van der Waals surface area (Å²) in [5, 5.41) is 0. The largest absolute Gasteiger partial charge is 0.392 e. The van der Waals surface area contributed by atoms with Crippen LogP contribution in [0.2, 0.25) is 0 Å². The lowest BCUT2D eigenvalue weighted by Crippen LogP contribution is -2.53. The van der Waals surface area contributed by atoms with Crippen LogP contribution in [-0.2, 0) is 4.79 Å². The monoisotopic (exact) mass is 285 g/mol. The highest BCUT2D eigenvalue weighted by molar-refractivity contribution is 7.80. The van der Waals surface area contributed by atoms with E-state index >= 15 is 0 Å². The predicted molar refractivity (Wildman–Crippen MR) is 83.1 cm³/mol. The molecule has 0 aromatic heterocycles. The fraction of sp³-hybridized carbons (Fsp3) is 0.857. The second kappa shape index (κ2) is 6.66. The zero-order valence-corrected chi connectivity index (χ0v) is 13.4. The summed E-state index contributed by atoms with van der Waals surface area (Å²) in [5.41, 5.74) is 5.23. The van der Waals surface area contributed by atoms with E-state index in [4.69, 9.17) is 18.0 Å². The highest BCUT2D eigenvalue weighted by Gasteiger charge is 2.44. The smallest absolute Gasteiger partial charge is 0.235 e. The van der Waals surface area contributed by atoms with E-state index in [0.717, 1.165) is 25.9 Å². The second-order valence-corrected chi connectivity index (χ2v) is 6.15. The van der Waals surface area contributed by atoms with Crippen LogP contribution in [0.4, 0.5) is 0 Å². The van der Waals surface area contributed by atoms with Crippen molar-refractivity contribution in [1.29, 1.82) is 0 Å². The van der Waals surface area contributed by atoms with Gasteiger partial charge in [0.05, 0.1) is 10.4 Å². The van der Waals surface area contributed by atoms with Crippen LogP contribution in [0.25, 0.3) is 0 Å². The number of amides is 1. The molecule has 0 spiro atoms. The number of hydrogen-bond donors (Lipinski definition) is 1. The third-order valence-corrected chi connectivity index (χ3v) is 4.69. The summed E-state index contributed by atoms with van der Waals surface area (Å²) in [6, 6.07) is 0.300. The fourth-order valence-corrected chi connectivity index (χ4v) is 3.37. The van der Waals surface area contributed by atoms with E-state index in [0.29, 0.717) is 23.9 Å². The van der Waals surface area contributed by atoms with Crippen LogP contribution in [0.5, 0.6) is 0 Å². The number of likely N-dealkylation sites (N-methyl/N-ethyl adjacent to an activating group) is 1. The van der Waals surface area contributed by atoms with E-state index in [1.54, 1.807) is 0 Å². The lowest BCUT2D eigenvalue weighted by Gasteiger charge is -2.37. The van der Waals surface area contributed by atoms with E-state index in [2.05, 4.69) is 4.90 Å². The average molecular weight is 285 g/mol. The predicted octanol–water partition coefficient (Wildman–Crippen LogP) is 1.63. The Morgan fingerprint density at radius 1 is 1.42 bits per heavy atom. The molecule has 110 valence electrons. The minimum absolute atomic E-state index is 0.134. The van der Waals surface area contributed by atoms with Crippen LogP contribution in [0.15, 0.2) is 0 Å². The molecule has 0 aromatic carbocycles. The van der Waals surface area contributed by atoms with E-state index in [-0.39, 0.29) is 5.91 Å². The Balaban J connectivity index is 2.93. The van der Waals surface area contributed by atoms with Gasteiger partial charge in [0.15, 0.2) is 0 Å². The molecular formula is C14H27N3OS. The molecule has 0 saturated carbocycles. The first-order valence-corrected chi connectivity index (χ1v) is 7.55. The number of nitrogens with two attached hydrogens (primary N) is 1. The third-order valence-electron chi connectivity index (χ3n) is 4.30. The maximum atomic E-state index is 12.9. The van der Waals surface area contributed by atoms with Gasteiger partial charge in [0.1, 0.15) is 0 Å². The molecule has 0 aliphatic carbocycles. The van der Waals surface area contributed by atoms with Crippen molar-refractivity contribution in [3.8, 4) is 0 Å². The van der Waals surface area contributed by atoms with Gasteiger partial charge in [-0.2, -0.15) is 0 Å². The van der Waals surface area contributed by atoms with Crippen molar-refractivity contribution in [2.24, 2.45) is 11.1 Å². The standard InChI is InChI=1S/C14H27N3OS/c1-5-14(6-2,12(15)19)13(18)17-9-7-8-11(17)10-16(3)4/h11H,5-10H2,1-4H3,(H2,15,19). The Kier molecular flexibility index (Phi) is 5.74. The topological polar surface area (TPSA) is 49.6 Å². The zero-order chi connectivity index (χ0) is 14.6. The molecular weight excluding hydrogens is 258 g/mol.